The number of aromatic nitrogens is 2. The average Bonchev–Trinajstić information content (AvgIpc) is 2.60. The maximum Gasteiger partial charge on any atom is 0.416 e. The Balaban J connectivity index is 1.93. The highest BCUT2D eigenvalue weighted by molar-refractivity contribution is 6.35. The van der Waals surface area contributed by atoms with Gasteiger partial charge in [-0.2, -0.15) is 13.2 Å². The summed E-state index contributed by atoms with van der Waals surface area (Å²) in [6.07, 6.45) is -3.43. The summed E-state index contributed by atoms with van der Waals surface area (Å²) in [5, 5.41) is 17.6. The van der Waals surface area contributed by atoms with Crippen molar-refractivity contribution in [3.63, 3.8) is 0 Å². The van der Waals surface area contributed by atoms with Crippen LogP contribution in [0.4, 0.5) is 41.9 Å². The zero-order valence-corrected chi connectivity index (χ0v) is 15.7. The second-order valence-corrected chi connectivity index (χ2v) is 6.53. The summed E-state index contributed by atoms with van der Waals surface area (Å²) < 4.78 is 38.0. The first-order valence-corrected chi connectivity index (χ1v) is 8.56. The van der Waals surface area contributed by atoms with Crippen molar-refractivity contribution in [3.8, 4) is 0 Å². The van der Waals surface area contributed by atoms with Crippen LogP contribution in [0, 0.1) is 10.1 Å². The molecule has 150 valence electrons. The molecule has 1 heterocycles. The fourth-order valence-electron chi connectivity index (χ4n) is 2.38. The summed E-state index contributed by atoms with van der Waals surface area (Å²) >= 11 is 11.8. The lowest BCUT2D eigenvalue weighted by Crippen LogP contribution is -2.06. The zero-order valence-electron chi connectivity index (χ0n) is 14.2. The Morgan fingerprint density at radius 2 is 1.41 bits per heavy atom. The van der Waals surface area contributed by atoms with Gasteiger partial charge in [0, 0.05) is 21.4 Å². The minimum Gasteiger partial charge on any atom is -0.334 e. The van der Waals surface area contributed by atoms with Crippen LogP contribution in [-0.4, -0.2) is 14.9 Å². The molecule has 2 aromatic carbocycles. The third-order valence-electron chi connectivity index (χ3n) is 3.61. The highest BCUT2D eigenvalue weighted by atomic mass is 35.5. The Labute approximate surface area is 171 Å². The maximum absolute atomic E-state index is 12.7. The summed E-state index contributed by atoms with van der Waals surface area (Å²) in [5.74, 6) is -0.363. The van der Waals surface area contributed by atoms with Crippen LogP contribution >= 0.6 is 23.2 Å². The molecule has 0 radical (unpaired) electrons. The molecular weight excluding hydrogens is 434 g/mol. The van der Waals surface area contributed by atoms with Crippen molar-refractivity contribution >= 4 is 51.9 Å². The highest BCUT2D eigenvalue weighted by Gasteiger charge is 2.30. The maximum atomic E-state index is 12.7. The molecule has 1 aromatic heterocycles. The van der Waals surface area contributed by atoms with Gasteiger partial charge in [-0.25, -0.2) is 9.97 Å². The fourth-order valence-corrected chi connectivity index (χ4v) is 2.90. The first kappa shape index (κ1) is 20.6. The van der Waals surface area contributed by atoms with Crippen LogP contribution in [0.2, 0.25) is 10.0 Å². The van der Waals surface area contributed by atoms with Crippen molar-refractivity contribution in [2.24, 2.45) is 0 Å². The number of hydrogen-bond acceptors (Lipinski definition) is 6. The molecule has 0 unspecified atom stereocenters. The number of alkyl halides is 3. The van der Waals surface area contributed by atoms with E-state index in [0.717, 1.165) is 30.6 Å². The van der Waals surface area contributed by atoms with E-state index in [0.29, 0.717) is 15.7 Å². The minimum absolute atomic E-state index is 0.155. The predicted octanol–water partition coefficient (Wildman–Crippen LogP) is 6.20. The van der Waals surface area contributed by atoms with Gasteiger partial charge in [0.15, 0.2) is 0 Å². The highest BCUT2D eigenvalue weighted by Crippen LogP contribution is 2.35. The number of nitrogens with one attached hydrogen (secondary N) is 2. The van der Waals surface area contributed by atoms with Gasteiger partial charge < -0.3 is 10.6 Å². The fraction of sp³-hybridized carbons (Fsp3) is 0.0588. The van der Waals surface area contributed by atoms with Gasteiger partial charge in [-0.05, 0) is 42.5 Å². The summed E-state index contributed by atoms with van der Waals surface area (Å²) in [5.41, 5.74) is -0.828. The molecule has 0 amide bonds. The smallest absolute Gasteiger partial charge is 0.334 e. The molecule has 29 heavy (non-hydrogen) atoms. The van der Waals surface area contributed by atoms with Gasteiger partial charge in [-0.15, -0.1) is 0 Å². The van der Waals surface area contributed by atoms with E-state index in [1.165, 1.54) is 18.2 Å². The van der Waals surface area contributed by atoms with E-state index in [1.54, 1.807) is 0 Å². The van der Waals surface area contributed by atoms with E-state index in [2.05, 4.69) is 20.6 Å². The molecule has 7 nitrogen and oxygen atoms in total. The van der Waals surface area contributed by atoms with Crippen LogP contribution in [-0.2, 0) is 6.18 Å². The monoisotopic (exact) mass is 443 g/mol. The largest absolute Gasteiger partial charge is 0.416 e. The molecule has 0 aliphatic carbocycles. The van der Waals surface area contributed by atoms with E-state index < -0.39 is 22.4 Å². The van der Waals surface area contributed by atoms with Gasteiger partial charge in [0.05, 0.1) is 10.5 Å². The number of nitrogens with zero attached hydrogens (tertiary/aromatic N) is 3. The number of hydrogen-bond donors (Lipinski definition) is 2. The summed E-state index contributed by atoms with van der Waals surface area (Å²) in [4.78, 5) is 18.6. The molecule has 0 aliphatic rings. The molecule has 0 atom stereocenters. The summed E-state index contributed by atoms with van der Waals surface area (Å²) in [6, 6.07) is 8.44. The van der Waals surface area contributed by atoms with E-state index in [1.807, 2.05) is 0 Å². The molecule has 0 spiro atoms. The molecule has 3 aromatic rings. The van der Waals surface area contributed by atoms with E-state index in [4.69, 9.17) is 23.2 Å². The first-order chi connectivity index (χ1) is 13.6. The van der Waals surface area contributed by atoms with Crippen LogP contribution in [0.1, 0.15) is 5.56 Å². The van der Waals surface area contributed by atoms with Crippen LogP contribution in [0.3, 0.4) is 0 Å². The molecular formula is C17H10Cl2F3N5O2. The molecule has 0 saturated carbocycles. The molecule has 2 N–H and O–H groups in total. The van der Waals surface area contributed by atoms with Crippen molar-refractivity contribution < 1.29 is 18.1 Å². The van der Waals surface area contributed by atoms with E-state index >= 15 is 0 Å². The lowest BCUT2D eigenvalue weighted by molar-refractivity contribution is -0.383. The molecule has 3 rings (SSSR count). The zero-order chi connectivity index (χ0) is 21.2. The molecule has 0 saturated heterocycles. The SMILES string of the molecule is O=[N+]([O-])c1c(Nc2ccc(C(F)(F)F)cc2)ncnc1Nc1cc(Cl)cc(Cl)c1. The number of rotatable bonds is 5. The molecule has 12 heteroatoms. The van der Waals surface area contributed by atoms with Gasteiger partial charge in [-0.1, -0.05) is 23.2 Å². The van der Waals surface area contributed by atoms with E-state index in [-0.39, 0.29) is 17.3 Å². The standard InChI is InChI=1S/C17H10Cl2F3N5O2/c18-10-5-11(19)7-13(6-10)26-16-14(27(28)29)15(23-8-24-16)25-12-3-1-9(2-4-12)17(20,21)22/h1-8H,(H2,23,24,25,26). The third-order valence-corrected chi connectivity index (χ3v) is 4.04. The normalized spacial score (nSPS) is 11.2. The second-order valence-electron chi connectivity index (χ2n) is 5.66. The third kappa shape index (κ3) is 5.04. The van der Waals surface area contributed by atoms with Crippen molar-refractivity contribution in [2.75, 3.05) is 10.6 Å². The Morgan fingerprint density at radius 3 is 1.90 bits per heavy atom. The van der Waals surface area contributed by atoms with Gasteiger partial charge in [-0.3, -0.25) is 10.1 Å². The number of nitro groups is 1. The molecule has 0 bridgehead atoms. The average molecular weight is 444 g/mol. The van der Waals surface area contributed by atoms with Crippen LogP contribution in [0.5, 0.6) is 0 Å². The summed E-state index contributed by atoms with van der Waals surface area (Å²) in [7, 11) is 0. The Morgan fingerprint density at radius 1 is 0.897 bits per heavy atom. The summed E-state index contributed by atoms with van der Waals surface area (Å²) in [6.45, 7) is 0. The van der Waals surface area contributed by atoms with Gasteiger partial charge >= 0.3 is 11.9 Å². The number of benzene rings is 2. The Hall–Kier alpha value is -3.11. The van der Waals surface area contributed by atoms with Gasteiger partial charge in [0.25, 0.3) is 0 Å². The van der Waals surface area contributed by atoms with Gasteiger partial charge in [0.2, 0.25) is 11.6 Å². The van der Waals surface area contributed by atoms with Crippen molar-refractivity contribution in [1.82, 2.24) is 9.97 Å². The predicted molar refractivity (Wildman–Crippen MR) is 103 cm³/mol. The minimum atomic E-state index is -4.49. The topological polar surface area (TPSA) is 93.0 Å². The van der Waals surface area contributed by atoms with Crippen molar-refractivity contribution in [2.45, 2.75) is 6.18 Å². The van der Waals surface area contributed by atoms with Crippen LogP contribution < -0.4 is 10.6 Å². The van der Waals surface area contributed by atoms with Crippen molar-refractivity contribution in [1.29, 1.82) is 0 Å². The van der Waals surface area contributed by atoms with Crippen molar-refractivity contribution in [3.05, 3.63) is 74.5 Å². The Bertz CT molecular complexity index is 1040. The van der Waals surface area contributed by atoms with Crippen LogP contribution in [0.15, 0.2) is 48.8 Å². The first-order valence-electron chi connectivity index (χ1n) is 7.80. The molecule has 0 aliphatic heterocycles. The second kappa shape index (κ2) is 8.10. The number of anilines is 4. The lowest BCUT2D eigenvalue weighted by Gasteiger charge is -2.11. The number of halogens is 5. The Kier molecular flexibility index (Phi) is 5.76. The van der Waals surface area contributed by atoms with Gasteiger partial charge in [0.1, 0.15) is 6.33 Å². The quantitative estimate of drug-likeness (QED) is 0.360. The van der Waals surface area contributed by atoms with E-state index in [9.17, 15) is 23.3 Å². The lowest BCUT2D eigenvalue weighted by atomic mass is 10.2. The molecule has 0 fully saturated rings. The van der Waals surface area contributed by atoms with Crippen LogP contribution in [0.25, 0.3) is 0 Å².